The van der Waals surface area contributed by atoms with Crippen LogP contribution in [0, 0.1) is 0 Å². The lowest BCUT2D eigenvalue weighted by atomic mass is 10.0. The van der Waals surface area contributed by atoms with Crippen LogP contribution in [-0.4, -0.2) is 34.6 Å². The zero-order valence-corrected chi connectivity index (χ0v) is 12.2. The van der Waals surface area contributed by atoms with Crippen molar-refractivity contribution in [3.8, 4) is 0 Å². The van der Waals surface area contributed by atoms with E-state index in [0.717, 1.165) is 25.9 Å². The summed E-state index contributed by atoms with van der Waals surface area (Å²) in [6.45, 7) is 1.95. The summed E-state index contributed by atoms with van der Waals surface area (Å²) in [6, 6.07) is 10.7. The van der Waals surface area contributed by atoms with E-state index in [1.807, 2.05) is 13.1 Å². The second-order valence-corrected chi connectivity index (χ2v) is 5.46. The molecule has 21 heavy (non-hydrogen) atoms. The van der Waals surface area contributed by atoms with Gasteiger partial charge < -0.3 is 14.8 Å². The average molecular weight is 284 g/mol. The lowest BCUT2D eigenvalue weighted by Gasteiger charge is -2.33. The first kappa shape index (κ1) is 13.7. The SMILES string of the molecule is Cn1cncc1C(=O)NC1CCN(c2ccccc2)CC1. The quantitative estimate of drug-likeness (QED) is 0.935. The van der Waals surface area contributed by atoms with Gasteiger partial charge in [0.05, 0.1) is 12.5 Å². The van der Waals surface area contributed by atoms with Crippen molar-refractivity contribution >= 4 is 11.6 Å². The standard InChI is InChI=1S/C16H20N4O/c1-19-12-17-11-15(19)16(21)18-13-7-9-20(10-8-13)14-5-3-2-4-6-14/h2-6,11-13H,7-10H2,1H3,(H,18,21). The molecule has 1 aromatic carbocycles. The van der Waals surface area contributed by atoms with E-state index in [9.17, 15) is 4.79 Å². The van der Waals surface area contributed by atoms with Crippen LogP contribution >= 0.6 is 0 Å². The maximum atomic E-state index is 12.2. The third-order valence-electron chi connectivity index (χ3n) is 4.00. The Morgan fingerprint density at radius 3 is 2.57 bits per heavy atom. The van der Waals surface area contributed by atoms with Crippen LogP contribution in [0.15, 0.2) is 42.9 Å². The molecular formula is C16H20N4O. The number of hydrogen-bond donors (Lipinski definition) is 1. The van der Waals surface area contributed by atoms with Gasteiger partial charge >= 0.3 is 0 Å². The predicted molar refractivity (Wildman–Crippen MR) is 82.4 cm³/mol. The van der Waals surface area contributed by atoms with Crippen molar-refractivity contribution in [1.29, 1.82) is 0 Å². The van der Waals surface area contributed by atoms with Gasteiger partial charge in [0.25, 0.3) is 5.91 Å². The largest absolute Gasteiger partial charge is 0.371 e. The summed E-state index contributed by atoms with van der Waals surface area (Å²) < 4.78 is 1.74. The van der Waals surface area contributed by atoms with E-state index in [1.165, 1.54) is 5.69 Å². The van der Waals surface area contributed by atoms with Crippen LogP contribution < -0.4 is 10.2 Å². The normalized spacial score (nSPS) is 16.0. The predicted octanol–water partition coefficient (Wildman–Crippen LogP) is 1.82. The summed E-state index contributed by atoms with van der Waals surface area (Å²) in [5.74, 6) is -0.0341. The van der Waals surface area contributed by atoms with Gasteiger partial charge in [-0.3, -0.25) is 4.79 Å². The molecule has 1 saturated heterocycles. The lowest BCUT2D eigenvalue weighted by Crippen LogP contribution is -2.45. The van der Waals surface area contributed by atoms with Gasteiger partial charge in [0.2, 0.25) is 0 Å². The van der Waals surface area contributed by atoms with Crippen LogP contribution in [0.1, 0.15) is 23.3 Å². The zero-order chi connectivity index (χ0) is 14.7. The number of hydrogen-bond acceptors (Lipinski definition) is 3. The van der Waals surface area contributed by atoms with E-state index < -0.39 is 0 Å². The summed E-state index contributed by atoms with van der Waals surface area (Å²) in [7, 11) is 1.83. The van der Waals surface area contributed by atoms with Crippen LogP contribution in [0.3, 0.4) is 0 Å². The molecule has 0 radical (unpaired) electrons. The van der Waals surface area contributed by atoms with E-state index in [-0.39, 0.29) is 11.9 Å². The number of carbonyl (C=O) groups excluding carboxylic acids is 1. The number of rotatable bonds is 3. The van der Waals surface area contributed by atoms with Crippen molar-refractivity contribution in [3.05, 3.63) is 48.5 Å². The molecule has 2 heterocycles. The van der Waals surface area contributed by atoms with Gasteiger partial charge in [-0.2, -0.15) is 0 Å². The Bertz CT molecular complexity index is 600. The molecule has 1 amide bonds. The fourth-order valence-corrected chi connectivity index (χ4v) is 2.76. The monoisotopic (exact) mass is 284 g/mol. The third kappa shape index (κ3) is 3.07. The Labute approximate surface area is 124 Å². The number of imidazole rings is 1. The minimum atomic E-state index is -0.0341. The van der Waals surface area contributed by atoms with Gasteiger partial charge in [-0.25, -0.2) is 4.98 Å². The summed E-state index contributed by atoms with van der Waals surface area (Å²) in [4.78, 5) is 18.5. The second kappa shape index (κ2) is 5.99. The number of para-hydroxylation sites is 1. The Balaban J connectivity index is 1.55. The molecule has 5 nitrogen and oxygen atoms in total. The second-order valence-electron chi connectivity index (χ2n) is 5.46. The maximum Gasteiger partial charge on any atom is 0.269 e. The Morgan fingerprint density at radius 1 is 1.24 bits per heavy atom. The molecule has 1 N–H and O–H groups in total. The number of amides is 1. The lowest BCUT2D eigenvalue weighted by molar-refractivity contribution is 0.0923. The number of piperidine rings is 1. The van der Waals surface area contributed by atoms with Gasteiger partial charge in [0.1, 0.15) is 5.69 Å². The highest BCUT2D eigenvalue weighted by molar-refractivity contribution is 5.92. The number of benzene rings is 1. The van der Waals surface area contributed by atoms with E-state index in [1.54, 1.807) is 17.1 Å². The first-order chi connectivity index (χ1) is 10.2. The molecule has 0 saturated carbocycles. The first-order valence-corrected chi connectivity index (χ1v) is 7.31. The average Bonchev–Trinajstić information content (AvgIpc) is 2.95. The van der Waals surface area contributed by atoms with Gasteiger partial charge in [-0.1, -0.05) is 18.2 Å². The highest BCUT2D eigenvalue weighted by atomic mass is 16.2. The van der Waals surface area contributed by atoms with Gasteiger partial charge in [-0.05, 0) is 25.0 Å². The molecule has 1 aromatic heterocycles. The molecule has 3 rings (SSSR count). The number of aryl methyl sites for hydroxylation is 1. The van der Waals surface area contributed by atoms with Crippen LogP contribution in [0.4, 0.5) is 5.69 Å². The molecule has 0 bridgehead atoms. The van der Waals surface area contributed by atoms with Crippen molar-refractivity contribution in [3.63, 3.8) is 0 Å². The highest BCUT2D eigenvalue weighted by Crippen LogP contribution is 2.19. The van der Waals surface area contributed by atoms with Crippen molar-refractivity contribution < 1.29 is 4.79 Å². The molecule has 110 valence electrons. The fourth-order valence-electron chi connectivity index (χ4n) is 2.76. The topological polar surface area (TPSA) is 50.2 Å². The van der Waals surface area contributed by atoms with Crippen molar-refractivity contribution in [1.82, 2.24) is 14.9 Å². The minimum absolute atomic E-state index is 0.0341. The van der Waals surface area contributed by atoms with Crippen molar-refractivity contribution in [2.45, 2.75) is 18.9 Å². The molecule has 1 fully saturated rings. The van der Waals surface area contributed by atoms with E-state index in [4.69, 9.17) is 0 Å². The molecule has 2 aromatic rings. The summed E-state index contributed by atoms with van der Waals surface area (Å²) in [5.41, 5.74) is 1.87. The third-order valence-corrected chi connectivity index (χ3v) is 4.00. The molecule has 0 atom stereocenters. The molecular weight excluding hydrogens is 264 g/mol. The number of nitrogens with one attached hydrogen (secondary N) is 1. The Kier molecular flexibility index (Phi) is 3.90. The van der Waals surface area contributed by atoms with E-state index in [0.29, 0.717) is 5.69 Å². The summed E-state index contributed by atoms with van der Waals surface area (Å²) in [5, 5.41) is 3.11. The Morgan fingerprint density at radius 2 is 1.95 bits per heavy atom. The molecule has 1 aliphatic heterocycles. The zero-order valence-electron chi connectivity index (χ0n) is 12.2. The van der Waals surface area contributed by atoms with Crippen LogP contribution in [0.5, 0.6) is 0 Å². The molecule has 5 heteroatoms. The van der Waals surface area contributed by atoms with E-state index in [2.05, 4.69) is 39.5 Å². The van der Waals surface area contributed by atoms with Crippen LogP contribution in [0.25, 0.3) is 0 Å². The first-order valence-electron chi connectivity index (χ1n) is 7.31. The molecule has 0 aliphatic carbocycles. The molecule has 1 aliphatic rings. The van der Waals surface area contributed by atoms with Crippen molar-refractivity contribution in [2.75, 3.05) is 18.0 Å². The molecule has 0 unspecified atom stereocenters. The van der Waals surface area contributed by atoms with Crippen LogP contribution in [0.2, 0.25) is 0 Å². The van der Waals surface area contributed by atoms with E-state index >= 15 is 0 Å². The highest BCUT2D eigenvalue weighted by Gasteiger charge is 2.22. The minimum Gasteiger partial charge on any atom is -0.371 e. The number of carbonyl (C=O) groups is 1. The fraction of sp³-hybridized carbons (Fsp3) is 0.375. The summed E-state index contributed by atoms with van der Waals surface area (Å²) in [6.07, 6.45) is 5.19. The number of anilines is 1. The van der Waals surface area contributed by atoms with Gasteiger partial charge in [-0.15, -0.1) is 0 Å². The van der Waals surface area contributed by atoms with Gasteiger partial charge in [0, 0.05) is 31.9 Å². The Hall–Kier alpha value is -2.30. The smallest absolute Gasteiger partial charge is 0.269 e. The van der Waals surface area contributed by atoms with Gasteiger partial charge in [0.15, 0.2) is 0 Å². The van der Waals surface area contributed by atoms with Crippen LogP contribution in [-0.2, 0) is 7.05 Å². The van der Waals surface area contributed by atoms with Crippen molar-refractivity contribution in [2.24, 2.45) is 7.05 Å². The maximum absolute atomic E-state index is 12.2. The summed E-state index contributed by atoms with van der Waals surface area (Å²) >= 11 is 0. The number of nitrogens with zero attached hydrogens (tertiary/aromatic N) is 3. The number of aromatic nitrogens is 2. The molecule has 0 spiro atoms.